The largest absolute Gasteiger partial charge is 0.372 e. The van der Waals surface area contributed by atoms with E-state index in [1.807, 2.05) is 13.8 Å². The van der Waals surface area contributed by atoms with Crippen LogP contribution >= 0.6 is 11.6 Å². The van der Waals surface area contributed by atoms with Gasteiger partial charge >= 0.3 is 0 Å². The summed E-state index contributed by atoms with van der Waals surface area (Å²) in [6.07, 6.45) is -0.139. The molecule has 5 nitrogen and oxygen atoms in total. The number of anilines is 1. The number of hydrogen-bond donors (Lipinski definition) is 1. The van der Waals surface area contributed by atoms with E-state index < -0.39 is 11.7 Å². The maximum atomic E-state index is 14.0. The summed E-state index contributed by atoms with van der Waals surface area (Å²) in [6.45, 7) is 4.75. The SMILES string of the molecule is C[C@@H]1CN(C(=O)c2ccccc2NC(=O)c2cc(Cl)ccc2F)C[C@@H](C)O1. The predicted molar refractivity (Wildman–Crippen MR) is 102 cm³/mol. The molecule has 0 saturated carbocycles. The van der Waals surface area contributed by atoms with Crippen molar-refractivity contribution < 1.29 is 18.7 Å². The van der Waals surface area contributed by atoms with Gasteiger partial charge in [0.2, 0.25) is 0 Å². The number of para-hydroxylation sites is 1. The van der Waals surface area contributed by atoms with Gasteiger partial charge in [-0.05, 0) is 44.2 Å². The molecule has 27 heavy (non-hydrogen) atoms. The van der Waals surface area contributed by atoms with Crippen molar-refractivity contribution in [2.75, 3.05) is 18.4 Å². The van der Waals surface area contributed by atoms with Crippen LogP contribution in [0.5, 0.6) is 0 Å². The van der Waals surface area contributed by atoms with E-state index in [2.05, 4.69) is 5.32 Å². The first-order valence-corrected chi connectivity index (χ1v) is 9.03. The minimum Gasteiger partial charge on any atom is -0.372 e. The highest BCUT2D eigenvalue weighted by molar-refractivity contribution is 6.31. The Balaban J connectivity index is 1.84. The summed E-state index contributed by atoms with van der Waals surface area (Å²) < 4.78 is 19.6. The smallest absolute Gasteiger partial charge is 0.258 e. The molecule has 0 spiro atoms. The van der Waals surface area contributed by atoms with E-state index >= 15 is 0 Å². The number of carbonyl (C=O) groups is 2. The van der Waals surface area contributed by atoms with Crippen molar-refractivity contribution in [1.82, 2.24) is 4.90 Å². The normalized spacial score (nSPS) is 19.6. The fourth-order valence-electron chi connectivity index (χ4n) is 3.15. The first kappa shape index (κ1) is 19.3. The highest BCUT2D eigenvalue weighted by atomic mass is 35.5. The van der Waals surface area contributed by atoms with Gasteiger partial charge in [0, 0.05) is 18.1 Å². The third-order valence-corrected chi connectivity index (χ3v) is 4.52. The lowest BCUT2D eigenvalue weighted by molar-refractivity contribution is -0.0585. The van der Waals surface area contributed by atoms with Gasteiger partial charge in [-0.1, -0.05) is 23.7 Å². The van der Waals surface area contributed by atoms with Crippen LogP contribution in [0.15, 0.2) is 42.5 Å². The molecule has 1 heterocycles. The van der Waals surface area contributed by atoms with Gasteiger partial charge in [-0.15, -0.1) is 0 Å². The zero-order valence-corrected chi connectivity index (χ0v) is 15.8. The number of carbonyl (C=O) groups excluding carboxylic acids is 2. The standard InChI is InChI=1S/C20H20ClFN2O3/c1-12-10-24(11-13(2)27-12)20(26)15-5-3-4-6-18(15)23-19(25)16-9-14(21)7-8-17(16)22/h3-9,12-13H,10-11H2,1-2H3,(H,23,25)/t12-,13-/m1/s1. The number of morpholine rings is 1. The Hall–Kier alpha value is -2.44. The Kier molecular flexibility index (Phi) is 5.77. The van der Waals surface area contributed by atoms with Crippen molar-refractivity contribution >= 4 is 29.1 Å². The van der Waals surface area contributed by atoms with Crippen molar-refractivity contribution in [2.24, 2.45) is 0 Å². The second-order valence-electron chi connectivity index (χ2n) is 6.59. The molecule has 3 rings (SSSR count). The van der Waals surface area contributed by atoms with Crippen LogP contribution < -0.4 is 5.32 Å². The lowest BCUT2D eigenvalue weighted by atomic mass is 10.1. The monoisotopic (exact) mass is 390 g/mol. The molecule has 1 saturated heterocycles. The van der Waals surface area contributed by atoms with Crippen molar-refractivity contribution in [3.05, 3.63) is 64.4 Å². The first-order chi connectivity index (χ1) is 12.8. The van der Waals surface area contributed by atoms with Crippen LogP contribution in [0.4, 0.5) is 10.1 Å². The molecule has 2 amide bonds. The zero-order chi connectivity index (χ0) is 19.6. The van der Waals surface area contributed by atoms with Crippen LogP contribution in [0, 0.1) is 5.82 Å². The van der Waals surface area contributed by atoms with Gasteiger partial charge in [-0.2, -0.15) is 0 Å². The number of rotatable bonds is 3. The van der Waals surface area contributed by atoms with Gasteiger partial charge in [0.25, 0.3) is 11.8 Å². The molecule has 0 aromatic heterocycles. The van der Waals surface area contributed by atoms with Gasteiger partial charge in [0.15, 0.2) is 0 Å². The maximum absolute atomic E-state index is 14.0. The van der Waals surface area contributed by atoms with Crippen LogP contribution in [-0.4, -0.2) is 42.0 Å². The Morgan fingerprint density at radius 3 is 2.48 bits per heavy atom. The molecular formula is C20H20ClFN2O3. The van der Waals surface area contributed by atoms with Gasteiger partial charge in [-0.3, -0.25) is 9.59 Å². The molecule has 1 aliphatic heterocycles. The number of amides is 2. The summed E-state index contributed by atoms with van der Waals surface area (Å²) in [7, 11) is 0. The average molecular weight is 391 g/mol. The number of nitrogens with zero attached hydrogens (tertiary/aromatic N) is 1. The Morgan fingerprint density at radius 1 is 1.11 bits per heavy atom. The number of halogens is 2. The number of hydrogen-bond acceptors (Lipinski definition) is 3. The van der Waals surface area contributed by atoms with Crippen LogP contribution in [-0.2, 0) is 4.74 Å². The molecule has 1 N–H and O–H groups in total. The molecule has 7 heteroatoms. The summed E-state index contributed by atoms with van der Waals surface area (Å²) in [5, 5.41) is 2.87. The summed E-state index contributed by atoms with van der Waals surface area (Å²) in [5.74, 6) is -1.56. The molecule has 0 bridgehead atoms. The van der Waals surface area contributed by atoms with E-state index in [9.17, 15) is 14.0 Å². The molecule has 0 unspecified atom stereocenters. The molecule has 142 valence electrons. The Labute approximate surface area is 162 Å². The van der Waals surface area contributed by atoms with E-state index in [1.54, 1.807) is 29.2 Å². The molecular weight excluding hydrogens is 371 g/mol. The maximum Gasteiger partial charge on any atom is 0.258 e. The highest BCUT2D eigenvalue weighted by Crippen LogP contribution is 2.22. The minimum absolute atomic E-state index is 0.0694. The third kappa shape index (κ3) is 4.46. The van der Waals surface area contributed by atoms with E-state index in [0.717, 1.165) is 6.07 Å². The number of benzene rings is 2. The van der Waals surface area contributed by atoms with Crippen LogP contribution in [0.3, 0.4) is 0 Å². The third-order valence-electron chi connectivity index (χ3n) is 4.29. The topological polar surface area (TPSA) is 58.6 Å². The van der Waals surface area contributed by atoms with Crippen LogP contribution in [0.25, 0.3) is 0 Å². The molecule has 0 aliphatic carbocycles. The summed E-state index contributed by atoms with van der Waals surface area (Å²) in [4.78, 5) is 27.2. The van der Waals surface area contributed by atoms with Crippen molar-refractivity contribution in [3.8, 4) is 0 Å². The lowest BCUT2D eigenvalue weighted by Crippen LogP contribution is -2.48. The van der Waals surface area contributed by atoms with Crippen molar-refractivity contribution in [3.63, 3.8) is 0 Å². The molecule has 0 radical (unpaired) electrons. The molecule has 1 aliphatic rings. The van der Waals surface area contributed by atoms with Crippen molar-refractivity contribution in [2.45, 2.75) is 26.1 Å². The fraction of sp³-hybridized carbons (Fsp3) is 0.300. The number of ether oxygens (including phenoxy) is 1. The summed E-state index contributed by atoms with van der Waals surface area (Å²) in [5.41, 5.74) is 0.478. The van der Waals surface area contributed by atoms with Crippen LogP contribution in [0.2, 0.25) is 5.02 Å². The van der Waals surface area contributed by atoms with Gasteiger partial charge in [0.1, 0.15) is 5.82 Å². The van der Waals surface area contributed by atoms with E-state index in [4.69, 9.17) is 16.3 Å². The molecule has 2 aromatic rings. The van der Waals surface area contributed by atoms with Crippen LogP contribution in [0.1, 0.15) is 34.6 Å². The minimum atomic E-state index is -0.684. The summed E-state index contributed by atoms with van der Waals surface area (Å²) in [6, 6.07) is 10.4. The lowest BCUT2D eigenvalue weighted by Gasteiger charge is -2.35. The highest BCUT2D eigenvalue weighted by Gasteiger charge is 2.28. The second-order valence-corrected chi connectivity index (χ2v) is 7.03. The average Bonchev–Trinajstić information content (AvgIpc) is 2.62. The van der Waals surface area contributed by atoms with Crippen molar-refractivity contribution in [1.29, 1.82) is 0 Å². The zero-order valence-electron chi connectivity index (χ0n) is 15.0. The Bertz CT molecular complexity index is 864. The molecule has 2 aromatic carbocycles. The predicted octanol–water partition coefficient (Wildman–Crippen LogP) is 3.98. The van der Waals surface area contributed by atoms with Gasteiger partial charge in [0.05, 0.1) is 29.0 Å². The van der Waals surface area contributed by atoms with Gasteiger partial charge in [-0.25, -0.2) is 4.39 Å². The van der Waals surface area contributed by atoms with E-state index in [-0.39, 0.29) is 28.7 Å². The van der Waals surface area contributed by atoms with E-state index in [0.29, 0.717) is 24.3 Å². The Morgan fingerprint density at radius 2 is 1.78 bits per heavy atom. The summed E-state index contributed by atoms with van der Waals surface area (Å²) >= 11 is 5.86. The molecule has 1 fully saturated rings. The second kappa shape index (κ2) is 8.06. The number of nitrogens with one attached hydrogen (secondary N) is 1. The fourth-order valence-corrected chi connectivity index (χ4v) is 3.33. The quantitative estimate of drug-likeness (QED) is 0.862. The van der Waals surface area contributed by atoms with Gasteiger partial charge < -0.3 is 15.0 Å². The first-order valence-electron chi connectivity index (χ1n) is 8.65. The molecule has 2 atom stereocenters. The van der Waals surface area contributed by atoms with E-state index in [1.165, 1.54) is 12.1 Å².